The van der Waals surface area contributed by atoms with E-state index in [0.717, 1.165) is 5.56 Å². The molecule has 82 valence electrons. The van der Waals surface area contributed by atoms with Crippen LogP contribution in [0.4, 0.5) is 9.57 Å². The topological polar surface area (TPSA) is 73.6 Å². The highest BCUT2D eigenvalue weighted by Gasteiger charge is 2.02. The van der Waals surface area contributed by atoms with Gasteiger partial charge in [-0.15, -0.1) is 0 Å². The first-order valence-corrected chi connectivity index (χ1v) is 4.92. The molecule has 0 radical (unpaired) electrons. The summed E-state index contributed by atoms with van der Waals surface area (Å²) in [6.07, 6.45) is 0. The van der Waals surface area contributed by atoms with Gasteiger partial charge in [-0.1, -0.05) is 0 Å². The van der Waals surface area contributed by atoms with Gasteiger partial charge in [0.2, 0.25) is 0 Å². The SMILES string of the molecule is COc1ccc(N=C(N)SF)cc1CN. The minimum atomic E-state index is -0.136. The van der Waals surface area contributed by atoms with Crippen molar-refractivity contribution in [3.63, 3.8) is 0 Å². The maximum Gasteiger partial charge on any atom is 0.192 e. The summed E-state index contributed by atoms with van der Waals surface area (Å²) in [5.41, 5.74) is 12.1. The second-order valence-electron chi connectivity index (χ2n) is 2.73. The molecule has 1 aromatic carbocycles. The van der Waals surface area contributed by atoms with Crippen LogP contribution in [0.15, 0.2) is 23.2 Å². The first kappa shape index (κ1) is 11.8. The second-order valence-corrected chi connectivity index (χ2v) is 3.30. The Morgan fingerprint density at radius 3 is 2.87 bits per heavy atom. The van der Waals surface area contributed by atoms with Crippen molar-refractivity contribution < 1.29 is 8.62 Å². The lowest BCUT2D eigenvalue weighted by Gasteiger charge is -2.06. The number of rotatable bonds is 3. The zero-order valence-corrected chi connectivity index (χ0v) is 9.05. The molecule has 15 heavy (non-hydrogen) atoms. The van der Waals surface area contributed by atoms with Crippen LogP contribution in [0.5, 0.6) is 5.75 Å². The summed E-state index contributed by atoms with van der Waals surface area (Å²) in [7, 11) is 1.56. The van der Waals surface area contributed by atoms with Crippen LogP contribution in [0.1, 0.15) is 5.56 Å². The Balaban J connectivity index is 3.03. The molecule has 0 fully saturated rings. The van der Waals surface area contributed by atoms with Crippen LogP contribution in [-0.4, -0.2) is 12.3 Å². The molecule has 0 aliphatic heterocycles. The number of methoxy groups -OCH3 is 1. The minimum Gasteiger partial charge on any atom is -0.496 e. The predicted octanol–water partition coefficient (Wildman–Crippen LogP) is 1.72. The van der Waals surface area contributed by atoms with Gasteiger partial charge in [0.15, 0.2) is 5.17 Å². The number of nitrogens with zero attached hydrogens (tertiary/aromatic N) is 1. The average Bonchev–Trinajstić information content (AvgIpc) is 2.28. The largest absolute Gasteiger partial charge is 0.496 e. The average molecular weight is 229 g/mol. The fraction of sp³-hybridized carbons (Fsp3) is 0.222. The minimum absolute atomic E-state index is 0.0917. The molecule has 6 heteroatoms. The molecular formula is C9H12FN3OS. The van der Waals surface area contributed by atoms with E-state index in [-0.39, 0.29) is 17.3 Å². The Labute approximate surface area is 91.8 Å². The molecule has 0 aliphatic carbocycles. The Bertz CT molecular complexity index is 370. The smallest absolute Gasteiger partial charge is 0.192 e. The van der Waals surface area contributed by atoms with E-state index in [1.54, 1.807) is 25.3 Å². The summed E-state index contributed by atoms with van der Waals surface area (Å²) < 4.78 is 17.1. The van der Waals surface area contributed by atoms with Crippen LogP contribution >= 0.6 is 12.1 Å². The lowest BCUT2D eigenvalue weighted by atomic mass is 10.2. The van der Waals surface area contributed by atoms with Crippen molar-refractivity contribution in [3.05, 3.63) is 23.8 Å². The summed E-state index contributed by atoms with van der Waals surface area (Å²) in [5, 5.41) is -0.136. The normalized spacial score (nSPS) is 11.5. The molecule has 0 heterocycles. The molecule has 0 spiro atoms. The zero-order valence-electron chi connectivity index (χ0n) is 8.24. The van der Waals surface area contributed by atoms with Gasteiger partial charge in [-0.25, -0.2) is 4.99 Å². The molecule has 1 rings (SSSR count). The Hall–Kier alpha value is -1.27. The van der Waals surface area contributed by atoms with E-state index in [2.05, 4.69) is 4.99 Å². The van der Waals surface area contributed by atoms with Gasteiger partial charge in [0.05, 0.1) is 12.8 Å². The standard InChI is InChI=1S/C9H12FN3OS/c1-14-8-3-2-7(4-6(8)5-11)13-9(12)15-10/h2-4H,5,11H2,1H3,(H2,12,13). The highest BCUT2D eigenvalue weighted by atomic mass is 32.2. The van der Waals surface area contributed by atoms with Gasteiger partial charge >= 0.3 is 0 Å². The highest BCUT2D eigenvalue weighted by Crippen LogP contribution is 2.24. The zero-order chi connectivity index (χ0) is 11.3. The number of ether oxygens (including phenoxy) is 1. The number of hydrogen-bond acceptors (Lipinski definition) is 4. The van der Waals surface area contributed by atoms with Crippen molar-refractivity contribution in [3.8, 4) is 5.75 Å². The summed E-state index contributed by atoms with van der Waals surface area (Å²) in [4.78, 5) is 3.83. The first-order valence-electron chi connectivity index (χ1n) is 4.21. The van der Waals surface area contributed by atoms with Gasteiger partial charge in [0.25, 0.3) is 0 Å². The molecule has 0 atom stereocenters. The van der Waals surface area contributed by atoms with Crippen molar-refractivity contribution in [2.45, 2.75) is 6.54 Å². The summed E-state index contributed by atoms with van der Waals surface area (Å²) in [6.45, 7) is 0.329. The quantitative estimate of drug-likeness (QED) is 0.611. The van der Waals surface area contributed by atoms with E-state index in [1.165, 1.54) is 0 Å². The maximum absolute atomic E-state index is 12.0. The molecule has 0 amide bonds. The molecule has 4 nitrogen and oxygen atoms in total. The number of nitrogens with two attached hydrogens (primary N) is 2. The van der Waals surface area contributed by atoms with Gasteiger partial charge in [-0.3, -0.25) is 0 Å². The molecular weight excluding hydrogens is 217 g/mol. The number of amidine groups is 1. The Kier molecular flexibility index (Phi) is 4.38. The van der Waals surface area contributed by atoms with Gasteiger partial charge in [0.1, 0.15) is 17.9 Å². The molecule has 1 aromatic rings. The lowest BCUT2D eigenvalue weighted by molar-refractivity contribution is 0.410. The number of halogens is 1. The monoisotopic (exact) mass is 229 g/mol. The van der Waals surface area contributed by atoms with Crippen LogP contribution < -0.4 is 16.2 Å². The summed E-state index contributed by atoms with van der Waals surface area (Å²) in [6, 6.07) is 5.11. The van der Waals surface area contributed by atoms with Crippen molar-refractivity contribution in [1.82, 2.24) is 0 Å². The van der Waals surface area contributed by atoms with Crippen molar-refractivity contribution in [1.29, 1.82) is 0 Å². The molecule has 4 N–H and O–H groups in total. The number of benzene rings is 1. The van der Waals surface area contributed by atoms with Crippen molar-refractivity contribution >= 4 is 23.0 Å². The fourth-order valence-corrected chi connectivity index (χ4v) is 1.28. The third kappa shape index (κ3) is 3.10. The Morgan fingerprint density at radius 1 is 1.60 bits per heavy atom. The van der Waals surface area contributed by atoms with E-state index in [1.807, 2.05) is 0 Å². The van der Waals surface area contributed by atoms with E-state index < -0.39 is 0 Å². The third-order valence-electron chi connectivity index (χ3n) is 1.80. The lowest BCUT2D eigenvalue weighted by Crippen LogP contribution is -2.03. The number of aliphatic imine (C=N–C) groups is 1. The van der Waals surface area contributed by atoms with Crippen LogP contribution in [0.25, 0.3) is 0 Å². The van der Waals surface area contributed by atoms with Crippen molar-refractivity contribution in [2.75, 3.05) is 7.11 Å². The maximum atomic E-state index is 12.0. The third-order valence-corrected chi connectivity index (χ3v) is 2.05. The van der Waals surface area contributed by atoms with Crippen LogP contribution in [0.3, 0.4) is 0 Å². The highest BCUT2D eigenvalue weighted by molar-refractivity contribution is 8.09. The van der Waals surface area contributed by atoms with Crippen molar-refractivity contribution in [2.24, 2.45) is 16.5 Å². The first-order chi connectivity index (χ1) is 7.21. The molecule has 0 saturated heterocycles. The summed E-state index contributed by atoms with van der Waals surface area (Å²) >= 11 is -0.0917. The number of hydrogen-bond donors (Lipinski definition) is 2. The Morgan fingerprint density at radius 2 is 2.33 bits per heavy atom. The molecule has 0 bridgehead atoms. The van der Waals surface area contributed by atoms with Crippen LogP contribution in [0, 0.1) is 0 Å². The van der Waals surface area contributed by atoms with Gasteiger partial charge in [-0.05, 0) is 18.2 Å². The molecule has 0 aromatic heterocycles. The molecule has 0 unspecified atom stereocenters. The molecule has 0 aliphatic rings. The van der Waals surface area contributed by atoms with E-state index >= 15 is 0 Å². The van der Waals surface area contributed by atoms with Crippen LogP contribution in [-0.2, 0) is 6.54 Å². The predicted molar refractivity (Wildman–Crippen MR) is 60.9 cm³/mol. The van der Waals surface area contributed by atoms with Gasteiger partial charge in [-0.2, -0.15) is 3.89 Å². The van der Waals surface area contributed by atoms with E-state index in [4.69, 9.17) is 16.2 Å². The van der Waals surface area contributed by atoms with Crippen LogP contribution in [0.2, 0.25) is 0 Å². The van der Waals surface area contributed by atoms with E-state index in [9.17, 15) is 3.89 Å². The molecule has 0 saturated carbocycles. The second kappa shape index (κ2) is 5.57. The summed E-state index contributed by atoms with van der Waals surface area (Å²) in [5.74, 6) is 0.683. The fourth-order valence-electron chi connectivity index (χ4n) is 1.14. The van der Waals surface area contributed by atoms with E-state index in [0.29, 0.717) is 18.0 Å². The van der Waals surface area contributed by atoms with Gasteiger partial charge in [0, 0.05) is 12.1 Å². The van der Waals surface area contributed by atoms with Gasteiger partial charge < -0.3 is 16.2 Å².